The molecule has 3 heterocycles. The van der Waals surface area contributed by atoms with Gasteiger partial charge in [-0.3, -0.25) is 4.79 Å². The topological polar surface area (TPSA) is 147 Å². The van der Waals surface area contributed by atoms with Crippen LogP contribution in [0.4, 0.5) is 5.69 Å². The summed E-state index contributed by atoms with van der Waals surface area (Å²) in [7, 11) is -2.34. The summed E-state index contributed by atoms with van der Waals surface area (Å²) in [5.41, 5.74) is 1.57. The summed E-state index contributed by atoms with van der Waals surface area (Å²) in [4.78, 5) is 20.2. The molecule has 1 amide bonds. The lowest BCUT2D eigenvalue weighted by atomic mass is 9.64. The Morgan fingerprint density at radius 1 is 1.12 bits per heavy atom. The second-order valence-corrected chi connectivity index (χ2v) is 16.0. The summed E-state index contributed by atoms with van der Waals surface area (Å²) in [6.07, 6.45) is 8.06. The minimum atomic E-state index is -4.04. The third-order valence-electron chi connectivity index (χ3n) is 10.4. The number of aryl methyl sites for hydroxylation is 2. The smallest absolute Gasteiger partial charge is 0.264 e. The Labute approximate surface area is 287 Å². The van der Waals surface area contributed by atoms with Crippen LogP contribution in [0, 0.1) is 17.8 Å². The molecule has 2 aromatic carbocycles. The van der Waals surface area contributed by atoms with Crippen molar-refractivity contribution in [1.82, 2.24) is 19.5 Å². The highest BCUT2D eigenvalue weighted by Gasteiger charge is 2.49. The van der Waals surface area contributed by atoms with Crippen molar-refractivity contribution < 1.29 is 28.2 Å². The highest BCUT2D eigenvalue weighted by atomic mass is 35.5. The maximum Gasteiger partial charge on any atom is 0.264 e. The molecule has 6 rings (SSSR count). The molecule has 13 heteroatoms. The number of halogens is 1. The maximum atomic E-state index is 13.5. The minimum absolute atomic E-state index is 0.0463. The van der Waals surface area contributed by atoms with Gasteiger partial charge in [0.2, 0.25) is 10.0 Å². The van der Waals surface area contributed by atoms with Crippen LogP contribution in [-0.2, 0) is 42.3 Å². The molecule has 3 aromatic rings. The van der Waals surface area contributed by atoms with Gasteiger partial charge in [-0.05, 0) is 105 Å². The van der Waals surface area contributed by atoms with E-state index in [-0.39, 0.29) is 35.7 Å². The van der Waals surface area contributed by atoms with Gasteiger partial charge in [0.1, 0.15) is 24.6 Å². The molecule has 5 atom stereocenters. The number of aliphatic hydroxyl groups excluding tert-OH is 1. The average Bonchev–Trinajstić information content (AvgIpc) is 3.42. The predicted molar refractivity (Wildman–Crippen MR) is 183 cm³/mol. The van der Waals surface area contributed by atoms with Crippen molar-refractivity contribution in [2.24, 2.45) is 24.8 Å². The van der Waals surface area contributed by atoms with Gasteiger partial charge in [0.25, 0.3) is 5.91 Å². The molecule has 2 aliphatic heterocycles. The van der Waals surface area contributed by atoms with E-state index in [1.165, 1.54) is 4.68 Å². The number of carbonyl (C=O) groups is 1. The standard InChI is InChI=1S/C35H44ClN5O6S/c1-22-7-6-15-35(44,34-37-32(20-42)38-40(34)3)29-13-10-26(29)19-41-16-5-4-8-24-17-28(36)12-9-27(24)21-47-31-14-11-25(18-30(31)41)33(43)39-48(45,46)23(22)2/h6,9,11-12,14-15,17-18,22-23,26,29,42,44H,4-5,7-8,10,13,16,19-21H2,1-3H3,(H,39,43)/b15-6+/t22-,23+,26-,29?,35-/m0/s1. The Bertz CT molecular complexity index is 1810. The van der Waals surface area contributed by atoms with Gasteiger partial charge in [-0.1, -0.05) is 30.7 Å². The number of rotatable bonds is 2. The van der Waals surface area contributed by atoms with Crippen molar-refractivity contribution in [2.75, 3.05) is 18.0 Å². The van der Waals surface area contributed by atoms with Crippen LogP contribution < -0.4 is 14.4 Å². The summed E-state index contributed by atoms with van der Waals surface area (Å²) < 4.78 is 37.1. The molecule has 0 radical (unpaired) electrons. The summed E-state index contributed by atoms with van der Waals surface area (Å²) in [5.74, 6) is -0.118. The molecule has 11 nitrogen and oxygen atoms in total. The SMILES string of the molecule is C[C@@H]1[C@@H](C)C/C=C/[C@@](O)(c2nc(CO)nn2C)C2CC[C@H]2CN2CCCCc3cc(Cl)ccc3COc3ccc(cc32)C(=O)NS1(=O)=O. The number of allylic oxidation sites excluding steroid dienone is 1. The monoisotopic (exact) mass is 697 g/mol. The van der Waals surface area contributed by atoms with Gasteiger partial charge < -0.3 is 19.8 Å². The number of benzene rings is 2. The molecule has 1 aliphatic carbocycles. The van der Waals surface area contributed by atoms with Crippen molar-refractivity contribution >= 4 is 33.2 Å². The lowest BCUT2D eigenvalue weighted by Gasteiger charge is -2.47. The molecular formula is C35H44ClN5O6S. The Morgan fingerprint density at radius 3 is 2.67 bits per heavy atom. The molecule has 3 aliphatic rings. The van der Waals surface area contributed by atoms with Crippen molar-refractivity contribution in [1.29, 1.82) is 0 Å². The Hall–Kier alpha value is -3.45. The Balaban J connectivity index is 1.44. The fraction of sp³-hybridized carbons (Fsp3) is 0.514. The predicted octanol–water partition coefficient (Wildman–Crippen LogP) is 4.64. The van der Waals surface area contributed by atoms with Crippen LogP contribution in [0.25, 0.3) is 0 Å². The van der Waals surface area contributed by atoms with Gasteiger partial charge in [0.05, 0.1) is 10.9 Å². The molecule has 3 N–H and O–H groups in total. The highest BCUT2D eigenvalue weighted by molar-refractivity contribution is 7.90. The van der Waals surface area contributed by atoms with Gasteiger partial charge in [-0.2, -0.15) is 5.10 Å². The fourth-order valence-corrected chi connectivity index (χ4v) is 8.67. The zero-order valence-electron chi connectivity index (χ0n) is 27.6. The van der Waals surface area contributed by atoms with E-state index >= 15 is 0 Å². The third kappa shape index (κ3) is 6.85. The number of aliphatic hydroxyl groups is 2. The van der Waals surface area contributed by atoms with Crippen molar-refractivity contribution in [3.05, 3.63) is 81.9 Å². The fourth-order valence-electron chi connectivity index (χ4n) is 7.19. The average molecular weight is 698 g/mol. The van der Waals surface area contributed by atoms with E-state index in [1.807, 2.05) is 18.2 Å². The second-order valence-electron chi connectivity index (χ2n) is 13.5. The zero-order valence-corrected chi connectivity index (χ0v) is 29.2. The summed E-state index contributed by atoms with van der Waals surface area (Å²) in [6, 6.07) is 10.9. The number of anilines is 1. The summed E-state index contributed by atoms with van der Waals surface area (Å²) in [5, 5.41) is 26.4. The largest absolute Gasteiger partial charge is 0.487 e. The molecule has 48 heavy (non-hydrogen) atoms. The first-order valence-corrected chi connectivity index (χ1v) is 18.6. The number of amides is 1. The number of hydrogen-bond acceptors (Lipinski definition) is 9. The van der Waals surface area contributed by atoms with E-state index in [0.717, 1.165) is 43.2 Å². The minimum Gasteiger partial charge on any atom is -0.487 e. The Morgan fingerprint density at radius 2 is 1.94 bits per heavy atom. The molecular weight excluding hydrogens is 654 g/mol. The lowest BCUT2D eigenvalue weighted by molar-refractivity contribution is -0.0581. The van der Waals surface area contributed by atoms with Crippen LogP contribution in [0.1, 0.15) is 79.1 Å². The van der Waals surface area contributed by atoms with Gasteiger partial charge in [-0.25, -0.2) is 22.8 Å². The van der Waals surface area contributed by atoms with Crippen LogP contribution in [0.3, 0.4) is 0 Å². The third-order valence-corrected chi connectivity index (χ3v) is 12.5. The van der Waals surface area contributed by atoms with E-state index in [4.69, 9.17) is 16.3 Å². The van der Waals surface area contributed by atoms with E-state index in [0.29, 0.717) is 48.4 Å². The first-order chi connectivity index (χ1) is 22.9. The van der Waals surface area contributed by atoms with Gasteiger partial charge in [-0.15, -0.1) is 0 Å². The first kappa shape index (κ1) is 34.4. The van der Waals surface area contributed by atoms with E-state index < -0.39 is 26.8 Å². The molecule has 2 bridgehead atoms. The molecule has 0 spiro atoms. The van der Waals surface area contributed by atoms with Crippen LogP contribution in [0.2, 0.25) is 5.02 Å². The van der Waals surface area contributed by atoms with E-state index in [9.17, 15) is 23.4 Å². The van der Waals surface area contributed by atoms with Crippen molar-refractivity contribution in [2.45, 2.75) is 76.4 Å². The number of carbonyl (C=O) groups excluding carboxylic acids is 1. The lowest BCUT2D eigenvalue weighted by Crippen LogP contribution is -2.49. The van der Waals surface area contributed by atoms with Gasteiger partial charge in [0.15, 0.2) is 11.6 Å². The van der Waals surface area contributed by atoms with E-state index in [2.05, 4.69) is 19.7 Å². The quantitative estimate of drug-likeness (QED) is 0.326. The van der Waals surface area contributed by atoms with Crippen LogP contribution in [0.5, 0.6) is 5.75 Å². The molecule has 1 saturated carbocycles. The van der Waals surface area contributed by atoms with Crippen molar-refractivity contribution in [3.63, 3.8) is 0 Å². The highest BCUT2D eigenvalue weighted by Crippen LogP contribution is 2.48. The van der Waals surface area contributed by atoms with Crippen LogP contribution >= 0.6 is 11.6 Å². The van der Waals surface area contributed by atoms with Gasteiger partial charge >= 0.3 is 0 Å². The number of ether oxygens (including phenoxy) is 1. The molecule has 1 fully saturated rings. The van der Waals surface area contributed by atoms with E-state index in [1.54, 1.807) is 51.2 Å². The number of sulfonamides is 1. The maximum absolute atomic E-state index is 13.5. The number of nitrogens with zero attached hydrogens (tertiary/aromatic N) is 4. The summed E-state index contributed by atoms with van der Waals surface area (Å²) >= 11 is 6.34. The van der Waals surface area contributed by atoms with Crippen LogP contribution in [0.15, 0.2) is 48.6 Å². The molecule has 1 unspecified atom stereocenters. The first-order valence-electron chi connectivity index (χ1n) is 16.7. The zero-order chi connectivity index (χ0) is 34.2. The normalized spacial score (nSPS) is 28.5. The molecule has 1 aromatic heterocycles. The molecule has 258 valence electrons. The number of nitrogens with one attached hydrogen (secondary N) is 1. The Kier molecular flexibility index (Phi) is 9.90. The summed E-state index contributed by atoms with van der Waals surface area (Å²) in [6.45, 7) is 4.55. The number of aromatic nitrogens is 3. The van der Waals surface area contributed by atoms with Crippen molar-refractivity contribution in [3.8, 4) is 5.75 Å². The number of hydrogen-bond donors (Lipinski definition) is 3. The number of fused-ring (bicyclic) bond motifs is 3. The van der Waals surface area contributed by atoms with Gasteiger partial charge in [0, 0.05) is 36.6 Å². The van der Waals surface area contributed by atoms with Crippen LogP contribution in [-0.4, -0.2) is 57.6 Å². The molecule has 0 saturated heterocycles. The second kappa shape index (κ2) is 13.8.